The molecule has 0 aromatic carbocycles. The average Bonchev–Trinajstić information content (AvgIpc) is 1.85. The summed E-state index contributed by atoms with van der Waals surface area (Å²) in [5.41, 5.74) is 5.43. The Kier molecular flexibility index (Phi) is 3.61. The molecule has 0 aliphatic rings. The maximum Gasteiger partial charge on any atom is 0.267 e. The molecule has 0 bridgehead atoms. The van der Waals surface area contributed by atoms with E-state index in [1.165, 1.54) is 6.92 Å². The van der Waals surface area contributed by atoms with Crippen LogP contribution in [0.1, 0.15) is 27.7 Å². The molecule has 0 rings (SSSR count). The summed E-state index contributed by atoms with van der Waals surface area (Å²) in [6.07, 6.45) is 0. The number of alkyl halides is 2. The Labute approximate surface area is 71.9 Å². The molecule has 0 heterocycles. The Morgan fingerprint density at radius 3 is 2.00 bits per heavy atom. The normalized spacial score (nSPS) is 16.8. The monoisotopic (exact) mass is 178 g/mol. The van der Waals surface area contributed by atoms with Crippen molar-refractivity contribution in [2.75, 3.05) is 0 Å². The number of hydrogen-bond donors (Lipinski definition) is 1. The van der Waals surface area contributed by atoms with Gasteiger partial charge in [0.25, 0.3) is 5.92 Å². The van der Waals surface area contributed by atoms with E-state index >= 15 is 0 Å². The van der Waals surface area contributed by atoms with Crippen molar-refractivity contribution >= 4 is 5.84 Å². The Bertz CT molecular complexity index is 170. The maximum atomic E-state index is 12.6. The zero-order valence-corrected chi connectivity index (χ0v) is 7.94. The lowest BCUT2D eigenvalue weighted by molar-refractivity contribution is 0.00119. The summed E-state index contributed by atoms with van der Waals surface area (Å²) in [6.45, 7) is 5.84. The number of halogens is 2. The molecule has 0 fully saturated rings. The molecule has 0 saturated heterocycles. The Hall–Kier alpha value is -0.670. The molecule has 4 heteroatoms. The van der Waals surface area contributed by atoms with Crippen molar-refractivity contribution in [2.45, 2.75) is 39.7 Å². The minimum Gasteiger partial charge on any atom is -0.387 e. The fourth-order valence-corrected chi connectivity index (χ4v) is 0.486. The van der Waals surface area contributed by atoms with E-state index in [2.05, 4.69) is 4.99 Å². The van der Waals surface area contributed by atoms with Gasteiger partial charge in [0.1, 0.15) is 6.04 Å². The van der Waals surface area contributed by atoms with E-state index in [0.29, 0.717) is 0 Å². The largest absolute Gasteiger partial charge is 0.387 e. The lowest BCUT2D eigenvalue weighted by atomic mass is 10.1. The summed E-state index contributed by atoms with van der Waals surface area (Å²) in [4.78, 5) is 3.69. The summed E-state index contributed by atoms with van der Waals surface area (Å²) in [7, 11) is 0. The van der Waals surface area contributed by atoms with Crippen LogP contribution in [0.2, 0.25) is 0 Å². The van der Waals surface area contributed by atoms with Crippen LogP contribution in [0.5, 0.6) is 0 Å². The second-order valence-corrected chi connectivity index (χ2v) is 3.34. The molecular weight excluding hydrogens is 162 g/mol. The van der Waals surface area contributed by atoms with E-state index < -0.39 is 12.0 Å². The third-order valence-electron chi connectivity index (χ3n) is 1.67. The van der Waals surface area contributed by atoms with Gasteiger partial charge in [0, 0.05) is 12.8 Å². The standard InChI is InChI=1S/C8H16F2N2/c1-5(2)7(11)12-6(3)8(4,9)10/h5-6H,1-4H3,(H2,11,12). The predicted octanol–water partition coefficient (Wildman–Crippen LogP) is 2.04. The molecule has 1 atom stereocenters. The molecule has 0 aromatic rings. The molecule has 2 nitrogen and oxygen atoms in total. The molecule has 0 saturated carbocycles. The smallest absolute Gasteiger partial charge is 0.267 e. The van der Waals surface area contributed by atoms with E-state index in [-0.39, 0.29) is 11.8 Å². The molecule has 0 aromatic heterocycles. The second kappa shape index (κ2) is 3.83. The van der Waals surface area contributed by atoms with Crippen LogP contribution in [0.4, 0.5) is 8.78 Å². The Morgan fingerprint density at radius 2 is 1.75 bits per heavy atom. The van der Waals surface area contributed by atoms with Crippen LogP contribution in [0.3, 0.4) is 0 Å². The maximum absolute atomic E-state index is 12.6. The minimum absolute atomic E-state index is 0.0230. The van der Waals surface area contributed by atoms with Gasteiger partial charge in [-0.2, -0.15) is 0 Å². The Morgan fingerprint density at radius 1 is 1.33 bits per heavy atom. The molecular formula is C8H16F2N2. The first-order valence-electron chi connectivity index (χ1n) is 3.96. The van der Waals surface area contributed by atoms with Gasteiger partial charge in [-0.3, -0.25) is 4.99 Å². The van der Waals surface area contributed by atoms with Gasteiger partial charge in [-0.1, -0.05) is 13.8 Å². The summed E-state index contributed by atoms with van der Waals surface area (Å²) >= 11 is 0. The summed E-state index contributed by atoms with van der Waals surface area (Å²) in [5.74, 6) is -2.49. The minimum atomic E-state index is -2.79. The van der Waals surface area contributed by atoms with E-state index in [1.54, 1.807) is 0 Å². The van der Waals surface area contributed by atoms with Crippen molar-refractivity contribution in [1.82, 2.24) is 0 Å². The lowest BCUT2D eigenvalue weighted by Gasteiger charge is -2.16. The highest BCUT2D eigenvalue weighted by atomic mass is 19.3. The molecule has 0 aliphatic carbocycles. The molecule has 12 heavy (non-hydrogen) atoms. The Balaban J connectivity index is 4.34. The third-order valence-corrected chi connectivity index (χ3v) is 1.67. The highest BCUT2D eigenvalue weighted by molar-refractivity contribution is 5.82. The fraction of sp³-hybridized carbons (Fsp3) is 0.875. The van der Waals surface area contributed by atoms with Gasteiger partial charge in [0.2, 0.25) is 0 Å². The van der Waals surface area contributed by atoms with E-state index in [9.17, 15) is 8.78 Å². The quantitative estimate of drug-likeness (QED) is 0.521. The molecule has 0 amide bonds. The van der Waals surface area contributed by atoms with Crippen molar-refractivity contribution < 1.29 is 8.78 Å². The average molecular weight is 178 g/mol. The second-order valence-electron chi connectivity index (χ2n) is 3.34. The highest BCUT2D eigenvalue weighted by Crippen LogP contribution is 2.19. The van der Waals surface area contributed by atoms with Gasteiger partial charge < -0.3 is 5.73 Å². The zero-order chi connectivity index (χ0) is 9.94. The number of nitrogens with zero attached hydrogens (tertiary/aromatic N) is 1. The topological polar surface area (TPSA) is 38.4 Å². The van der Waals surface area contributed by atoms with Crippen LogP contribution >= 0.6 is 0 Å². The number of nitrogens with two attached hydrogens (primary N) is 1. The first-order valence-corrected chi connectivity index (χ1v) is 3.96. The number of aliphatic imine (C=N–C) groups is 1. The van der Waals surface area contributed by atoms with Crippen molar-refractivity contribution in [3.63, 3.8) is 0 Å². The zero-order valence-electron chi connectivity index (χ0n) is 7.94. The van der Waals surface area contributed by atoms with E-state index in [0.717, 1.165) is 6.92 Å². The van der Waals surface area contributed by atoms with E-state index in [4.69, 9.17) is 5.73 Å². The van der Waals surface area contributed by atoms with Crippen molar-refractivity contribution in [3.8, 4) is 0 Å². The summed E-state index contributed by atoms with van der Waals surface area (Å²) < 4.78 is 25.2. The fourth-order valence-electron chi connectivity index (χ4n) is 0.486. The van der Waals surface area contributed by atoms with Crippen molar-refractivity contribution in [1.29, 1.82) is 0 Å². The van der Waals surface area contributed by atoms with E-state index in [1.807, 2.05) is 13.8 Å². The summed E-state index contributed by atoms with van der Waals surface area (Å²) in [6, 6.07) is -1.04. The molecule has 0 radical (unpaired) electrons. The molecule has 1 unspecified atom stereocenters. The molecule has 72 valence electrons. The van der Waals surface area contributed by atoms with Crippen LogP contribution in [0, 0.1) is 5.92 Å². The van der Waals surface area contributed by atoms with Gasteiger partial charge in [-0.15, -0.1) is 0 Å². The molecule has 0 spiro atoms. The van der Waals surface area contributed by atoms with Gasteiger partial charge in [-0.05, 0) is 6.92 Å². The van der Waals surface area contributed by atoms with Gasteiger partial charge in [0.05, 0.1) is 5.84 Å². The summed E-state index contributed by atoms with van der Waals surface area (Å²) in [5, 5.41) is 0. The number of amidine groups is 1. The number of hydrogen-bond acceptors (Lipinski definition) is 1. The lowest BCUT2D eigenvalue weighted by Crippen LogP contribution is -2.30. The van der Waals surface area contributed by atoms with Crippen LogP contribution in [0.15, 0.2) is 4.99 Å². The third kappa shape index (κ3) is 3.64. The van der Waals surface area contributed by atoms with Crippen molar-refractivity contribution in [2.24, 2.45) is 16.6 Å². The van der Waals surface area contributed by atoms with Crippen LogP contribution in [-0.2, 0) is 0 Å². The first-order chi connectivity index (χ1) is 5.25. The van der Waals surface area contributed by atoms with Gasteiger partial charge in [-0.25, -0.2) is 8.78 Å². The van der Waals surface area contributed by atoms with Crippen LogP contribution in [-0.4, -0.2) is 17.8 Å². The molecule has 0 aliphatic heterocycles. The number of rotatable bonds is 3. The van der Waals surface area contributed by atoms with Crippen LogP contribution < -0.4 is 5.73 Å². The predicted molar refractivity (Wildman–Crippen MR) is 46.5 cm³/mol. The molecule has 2 N–H and O–H groups in total. The SMILES string of the molecule is CC(C)C(N)=NC(C)C(C)(F)F. The van der Waals surface area contributed by atoms with Gasteiger partial charge >= 0.3 is 0 Å². The first kappa shape index (κ1) is 11.3. The van der Waals surface area contributed by atoms with Crippen molar-refractivity contribution in [3.05, 3.63) is 0 Å². The van der Waals surface area contributed by atoms with Gasteiger partial charge in [0.15, 0.2) is 0 Å². The highest BCUT2D eigenvalue weighted by Gasteiger charge is 2.29. The van der Waals surface area contributed by atoms with Crippen LogP contribution in [0.25, 0.3) is 0 Å².